The maximum absolute atomic E-state index is 11.7. The second kappa shape index (κ2) is 7.24. The first-order chi connectivity index (χ1) is 8.64. The van der Waals surface area contributed by atoms with Crippen LogP contribution < -0.4 is 4.98 Å². The van der Waals surface area contributed by atoms with Crippen LogP contribution in [-0.4, -0.2) is 50.3 Å². The standard InChI is InChI=1S/C11H21NO6Si/c1-11(2,3)18-10(16)12-19(7-13,8-17-4)6-5-9(14)15/h7H,5-6,8H2,1-4H3,(H,12,16)(H,14,15)/t19-/m1/s1. The molecule has 0 saturated heterocycles. The molecule has 0 radical (unpaired) electrons. The Hall–Kier alpha value is -1.41. The number of rotatable bonds is 7. The van der Waals surface area contributed by atoms with Crippen molar-refractivity contribution < 1.29 is 29.0 Å². The van der Waals surface area contributed by atoms with Gasteiger partial charge in [0.1, 0.15) is 11.5 Å². The van der Waals surface area contributed by atoms with E-state index < -0.39 is 25.9 Å². The average Bonchev–Trinajstić information content (AvgIpc) is 2.23. The van der Waals surface area contributed by atoms with Crippen molar-refractivity contribution in [3.05, 3.63) is 0 Å². The molecule has 8 heteroatoms. The lowest BCUT2D eigenvalue weighted by Crippen LogP contribution is -2.60. The second-order valence-electron chi connectivity index (χ2n) is 5.23. The van der Waals surface area contributed by atoms with E-state index in [1.807, 2.05) is 0 Å². The summed E-state index contributed by atoms with van der Waals surface area (Å²) in [5.74, 6) is -0.413. The van der Waals surface area contributed by atoms with E-state index in [2.05, 4.69) is 4.98 Å². The molecule has 19 heavy (non-hydrogen) atoms. The van der Waals surface area contributed by atoms with Gasteiger partial charge in [-0.3, -0.25) is 4.79 Å². The molecule has 1 atom stereocenters. The zero-order chi connectivity index (χ0) is 15.1. The molecule has 0 spiro atoms. The Kier molecular flexibility index (Phi) is 6.70. The molecule has 0 aromatic rings. The largest absolute Gasteiger partial charge is 0.481 e. The van der Waals surface area contributed by atoms with Gasteiger partial charge in [0, 0.05) is 13.5 Å². The van der Waals surface area contributed by atoms with Crippen LogP contribution in [-0.2, 0) is 19.1 Å². The van der Waals surface area contributed by atoms with Crippen LogP contribution in [0.1, 0.15) is 27.2 Å². The van der Waals surface area contributed by atoms with E-state index in [4.69, 9.17) is 14.6 Å². The van der Waals surface area contributed by atoms with Crippen LogP contribution in [0.3, 0.4) is 0 Å². The molecule has 0 aromatic heterocycles. The SMILES string of the molecule is COC[Si@](C=O)(CCC(=O)O)NC(=O)OC(C)(C)C. The first kappa shape index (κ1) is 17.6. The molecule has 0 unspecified atom stereocenters. The zero-order valence-corrected chi connectivity index (χ0v) is 12.7. The molecule has 0 fully saturated rings. The summed E-state index contributed by atoms with van der Waals surface area (Å²) >= 11 is 0. The molecule has 2 N–H and O–H groups in total. The summed E-state index contributed by atoms with van der Waals surface area (Å²) in [6.45, 7) is 5.10. The van der Waals surface area contributed by atoms with Crippen LogP contribution in [0.4, 0.5) is 4.79 Å². The van der Waals surface area contributed by atoms with E-state index in [9.17, 15) is 14.4 Å². The number of methoxy groups -OCH3 is 1. The van der Waals surface area contributed by atoms with Crippen LogP contribution >= 0.6 is 0 Å². The average molecular weight is 291 g/mol. The summed E-state index contributed by atoms with van der Waals surface area (Å²) in [7, 11) is -1.61. The minimum absolute atomic E-state index is 0.0169. The van der Waals surface area contributed by atoms with E-state index in [1.165, 1.54) is 7.11 Å². The van der Waals surface area contributed by atoms with E-state index in [-0.39, 0.29) is 18.7 Å². The normalized spacial score (nSPS) is 14.3. The fourth-order valence-corrected chi connectivity index (χ4v) is 3.61. The van der Waals surface area contributed by atoms with Gasteiger partial charge in [-0.25, -0.2) is 4.79 Å². The lowest BCUT2D eigenvalue weighted by Gasteiger charge is -2.27. The predicted octanol–water partition coefficient (Wildman–Crippen LogP) is 0.889. The van der Waals surface area contributed by atoms with Crippen molar-refractivity contribution in [2.24, 2.45) is 0 Å². The Balaban J connectivity index is 4.78. The Labute approximate surface area is 113 Å². The summed E-state index contributed by atoms with van der Waals surface area (Å²) in [5, 5.41) is 8.68. The molecule has 7 nitrogen and oxygen atoms in total. The third-order valence-corrected chi connectivity index (χ3v) is 5.26. The van der Waals surface area contributed by atoms with Crippen LogP contribution in [0, 0.1) is 0 Å². The minimum atomic E-state index is -3.00. The molecule has 0 heterocycles. The third kappa shape index (κ3) is 7.57. The zero-order valence-electron chi connectivity index (χ0n) is 11.7. The Morgan fingerprint density at radius 1 is 1.37 bits per heavy atom. The molecule has 0 aliphatic rings. The third-order valence-electron chi connectivity index (χ3n) is 2.16. The molecule has 0 aliphatic carbocycles. The number of hydrogen-bond acceptors (Lipinski definition) is 5. The lowest BCUT2D eigenvalue weighted by molar-refractivity contribution is -0.136. The van der Waals surface area contributed by atoms with Crippen molar-refractivity contribution >= 4 is 26.2 Å². The topological polar surface area (TPSA) is 102 Å². The van der Waals surface area contributed by atoms with Gasteiger partial charge in [0.25, 0.3) is 8.24 Å². The highest BCUT2D eigenvalue weighted by molar-refractivity contribution is 7.00. The first-order valence-corrected chi connectivity index (χ1v) is 8.31. The molecule has 0 saturated carbocycles. The Morgan fingerprint density at radius 3 is 2.32 bits per heavy atom. The maximum Gasteiger partial charge on any atom is 0.400 e. The molecule has 0 aromatic carbocycles. The molecule has 0 bridgehead atoms. The summed E-state index contributed by atoms with van der Waals surface area (Å²) in [4.78, 5) is 36.1. The quantitative estimate of drug-likeness (QED) is 0.533. The number of carbonyl (C=O) groups excluding carboxylic acids is 2. The van der Waals surface area contributed by atoms with Crippen LogP contribution in [0.25, 0.3) is 0 Å². The van der Waals surface area contributed by atoms with E-state index in [0.29, 0.717) is 5.91 Å². The van der Waals surface area contributed by atoms with Gasteiger partial charge in [0.2, 0.25) is 0 Å². The highest BCUT2D eigenvalue weighted by Gasteiger charge is 2.37. The van der Waals surface area contributed by atoms with Gasteiger partial charge < -0.3 is 24.4 Å². The van der Waals surface area contributed by atoms with Gasteiger partial charge in [-0.05, 0) is 26.8 Å². The molecular formula is C11H21NO6Si. The number of amides is 1. The Morgan fingerprint density at radius 2 is 1.95 bits per heavy atom. The van der Waals surface area contributed by atoms with Gasteiger partial charge >= 0.3 is 12.1 Å². The molecule has 0 rings (SSSR count). The number of ether oxygens (including phenoxy) is 2. The van der Waals surface area contributed by atoms with Crippen molar-refractivity contribution in [3.63, 3.8) is 0 Å². The highest BCUT2D eigenvalue weighted by Crippen LogP contribution is 2.11. The number of nitrogens with one attached hydrogen (secondary N) is 1. The maximum atomic E-state index is 11.7. The summed E-state index contributed by atoms with van der Waals surface area (Å²) < 4.78 is 10.00. The van der Waals surface area contributed by atoms with Crippen molar-refractivity contribution in [3.8, 4) is 0 Å². The fraction of sp³-hybridized carbons (Fsp3) is 0.727. The number of aliphatic carboxylic acids is 1. The van der Waals surface area contributed by atoms with Crippen LogP contribution in [0.5, 0.6) is 0 Å². The van der Waals surface area contributed by atoms with Crippen molar-refractivity contribution in [1.29, 1.82) is 0 Å². The molecule has 1 amide bonds. The smallest absolute Gasteiger partial charge is 0.400 e. The van der Waals surface area contributed by atoms with E-state index in [1.54, 1.807) is 20.8 Å². The van der Waals surface area contributed by atoms with Crippen molar-refractivity contribution in [2.45, 2.75) is 38.8 Å². The molecule has 0 aliphatic heterocycles. The van der Waals surface area contributed by atoms with Gasteiger partial charge in [0.05, 0.1) is 6.23 Å². The second-order valence-corrected chi connectivity index (χ2v) is 8.81. The number of carbonyl (C=O) groups is 3. The molecular weight excluding hydrogens is 270 g/mol. The number of hydrogen-bond donors (Lipinski definition) is 2. The van der Waals surface area contributed by atoms with Gasteiger partial charge in [-0.15, -0.1) is 0 Å². The monoisotopic (exact) mass is 291 g/mol. The summed E-state index contributed by atoms with van der Waals surface area (Å²) in [5.41, 5.74) is -0.688. The molecule has 110 valence electrons. The number of carboxylic acids is 1. The first-order valence-electron chi connectivity index (χ1n) is 5.82. The van der Waals surface area contributed by atoms with Crippen molar-refractivity contribution in [1.82, 2.24) is 4.98 Å². The van der Waals surface area contributed by atoms with E-state index in [0.717, 1.165) is 0 Å². The van der Waals surface area contributed by atoms with Crippen LogP contribution in [0.15, 0.2) is 0 Å². The summed E-state index contributed by atoms with van der Waals surface area (Å²) in [6.07, 6.45) is -0.915. The summed E-state index contributed by atoms with van der Waals surface area (Å²) in [6, 6.07) is 0.0684. The van der Waals surface area contributed by atoms with E-state index >= 15 is 0 Å². The predicted molar refractivity (Wildman–Crippen MR) is 70.8 cm³/mol. The minimum Gasteiger partial charge on any atom is -0.481 e. The number of carboxylic acid groups (broad SMARTS) is 1. The lowest BCUT2D eigenvalue weighted by atomic mass is 10.2. The van der Waals surface area contributed by atoms with Gasteiger partial charge in [0.15, 0.2) is 0 Å². The Bertz CT molecular complexity index is 341. The highest BCUT2D eigenvalue weighted by atomic mass is 28.3. The van der Waals surface area contributed by atoms with Crippen LogP contribution in [0.2, 0.25) is 6.04 Å². The van der Waals surface area contributed by atoms with Gasteiger partial charge in [-0.2, -0.15) is 0 Å². The fourth-order valence-electron chi connectivity index (χ4n) is 1.39. The van der Waals surface area contributed by atoms with Gasteiger partial charge in [-0.1, -0.05) is 0 Å². The van der Waals surface area contributed by atoms with Crippen molar-refractivity contribution in [2.75, 3.05) is 13.3 Å².